The van der Waals surface area contributed by atoms with Crippen molar-refractivity contribution in [2.45, 2.75) is 20.3 Å². The Morgan fingerprint density at radius 1 is 1.36 bits per heavy atom. The second-order valence-corrected chi connectivity index (χ2v) is 3.80. The molecule has 74 valence electrons. The summed E-state index contributed by atoms with van der Waals surface area (Å²) in [5, 5.41) is 0. The van der Waals surface area contributed by atoms with Crippen LogP contribution in [0.5, 0.6) is 0 Å². The molecule has 0 aromatic heterocycles. The van der Waals surface area contributed by atoms with Crippen molar-refractivity contribution in [1.29, 1.82) is 0 Å². The van der Waals surface area contributed by atoms with Gasteiger partial charge in [0.05, 0.1) is 5.41 Å². The number of hydrogen-bond donors (Lipinski definition) is 0. The van der Waals surface area contributed by atoms with E-state index in [1.54, 1.807) is 12.2 Å². The van der Waals surface area contributed by atoms with Crippen molar-refractivity contribution in [2.75, 3.05) is 0 Å². The molecule has 0 aromatic rings. The van der Waals surface area contributed by atoms with Crippen LogP contribution < -0.4 is 0 Å². The van der Waals surface area contributed by atoms with Crippen LogP contribution in [0.4, 0.5) is 0 Å². The molecule has 0 spiro atoms. The summed E-state index contributed by atoms with van der Waals surface area (Å²) in [4.78, 5) is 22.5. The van der Waals surface area contributed by atoms with Crippen LogP contribution in [-0.2, 0) is 9.59 Å². The maximum atomic E-state index is 11.5. The minimum atomic E-state index is -0.639. The van der Waals surface area contributed by atoms with Crippen molar-refractivity contribution in [3.63, 3.8) is 0 Å². The highest BCUT2D eigenvalue weighted by atomic mass is 16.1. The molecular weight excluding hydrogens is 176 g/mol. The summed E-state index contributed by atoms with van der Waals surface area (Å²) >= 11 is 0. The van der Waals surface area contributed by atoms with E-state index in [0.29, 0.717) is 6.42 Å². The van der Waals surface area contributed by atoms with Gasteiger partial charge in [-0.25, -0.2) is 0 Å². The Morgan fingerprint density at radius 3 is 2.21 bits per heavy atom. The van der Waals surface area contributed by atoms with Crippen LogP contribution in [0, 0.1) is 5.41 Å². The lowest BCUT2D eigenvalue weighted by atomic mass is 9.76. The first-order chi connectivity index (χ1) is 6.46. The summed E-state index contributed by atoms with van der Waals surface area (Å²) in [6.45, 7) is 7.20. The van der Waals surface area contributed by atoms with E-state index in [0.717, 1.165) is 5.57 Å². The van der Waals surface area contributed by atoms with Crippen LogP contribution in [0.2, 0.25) is 0 Å². The Labute approximate surface area is 84.0 Å². The van der Waals surface area contributed by atoms with Gasteiger partial charge in [-0.05, 0) is 32.4 Å². The molecule has 2 nitrogen and oxygen atoms in total. The van der Waals surface area contributed by atoms with Crippen molar-refractivity contribution in [3.05, 3.63) is 36.5 Å². The van der Waals surface area contributed by atoms with E-state index in [4.69, 9.17) is 0 Å². The van der Waals surface area contributed by atoms with Crippen LogP contribution in [0.15, 0.2) is 36.5 Å². The second kappa shape index (κ2) is 3.74. The molecule has 1 aliphatic rings. The van der Waals surface area contributed by atoms with Gasteiger partial charge in [-0.1, -0.05) is 17.7 Å². The van der Waals surface area contributed by atoms with Gasteiger partial charge in [-0.15, -0.1) is 6.58 Å². The highest BCUT2D eigenvalue weighted by Crippen LogP contribution is 2.32. The van der Waals surface area contributed by atoms with Gasteiger partial charge in [-0.2, -0.15) is 0 Å². The molecule has 0 unspecified atom stereocenters. The lowest BCUT2D eigenvalue weighted by Crippen LogP contribution is -2.27. The molecular formula is C12H14O2. The highest BCUT2D eigenvalue weighted by molar-refractivity contribution is 6.03. The monoisotopic (exact) mass is 190 g/mol. The molecule has 1 aliphatic carbocycles. The third-order valence-corrected chi connectivity index (χ3v) is 2.34. The highest BCUT2D eigenvalue weighted by Gasteiger charge is 2.31. The Kier molecular flexibility index (Phi) is 2.84. The van der Waals surface area contributed by atoms with Crippen molar-refractivity contribution in [2.24, 2.45) is 5.41 Å². The SMILES string of the molecule is C=C(C)CC1(C(C)=O)C=CC(=O)C=C1. The third-order valence-electron chi connectivity index (χ3n) is 2.34. The van der Waals surface area contributed by atoms with Crippen molar-refractivity contribution in [3.8, 4) is 0 Å². The number of ketones is 2. The first-order valence-corrected chi connectivity index (χ1v) is 4.54. The third kappa shape index (κ3) is 2.08. The fourth-order valence-corrected chi connectivity index (χ4v) is 1.55. The van der Waals surface area contributed by atoms with Crippen molar-refractivity contribution < 1.29 is 9.59 Å². The number of carbonyl (C=O) groups is 2. The number of rotatable bonds is 3. The molecule has 0 aliphatic heterocycles. The Hall–Kier alpha value is -1.44. The molecule has 0 N–H and O–H groups in total. The van der Waals surface area contributed by atoms with Gasteiger partial charge >= 0.3 is 0 Å². The lowest BCUT2D eigenvalue weighted by molar-refractivity contribution is -0.122. The summed E-state index contributed by atoms with van der Waals surface area (Å²) in [5.41, 5.74) is 0.295. The molecule has 1 rings (SSSR count). The average Bonchev–Trinajstić information content (AvgIpc) is 2.08. The van der Waals surface area contributed by atoms with Crippen LogP contribution in [0.25, 0.3) is 0 Å². The van der Waals surface area contributed by atoms with E-state index in [9.17, 15) is 9.59 Å². The molecule has 0 fully saturated rings. The van der Waals surface area contributed by atoms with Crippen LogP contribution in [-0.4, -0.2) is 11.6 Å². The Balaban J connectivity index is 3.01. The minimum Gasteiger partial charge on any atom is -0.299 e. The van der Waals surface area contributed by atoms with E-state index in [1.165, 1.54) is 19.1 Å². The van der Waals surface area contributed by atoms with Crippen LogP contribution in [0.1, 0.15) is 20.3 Å². The number of carbonyl (C=O) groups excluding carboxylic acids is 2. The quantitative estimate of drug-likeness (QED) is 0.639. The van der Waals surface area contributed by atoms with Gasteiger partial charge in [0.15, 0.2) is 5.78 Å². The first-order valence-electron chi connectivity index (χ1n) is 4.54. The Bertz CT molecular complexity index is 329. The minimum absolute atomic E-state index is 0.0421. The zero-order chi connectivity index (χ0) is 10.8. The van der Waals surface area contributed by atoms with Gasteiger partial charge in [0.25, 0.3) is 0 Å². The van der Waals surface area contributed by atoms with E-state index >= 15 is 0 Å². The predicted molar refractivity (Wildman–Crippen MR) is 55.8 cm³/mol. The summed E-state index contributed by atoms with van der Waals surface area (Å²) in [5.74, 6) is -0.0240. The molecule has 0 amide bonds. The molecule has 0 bridgehead atoms. The van der Waals surface area contributed by atoms with Gasteiger partial charge < -0.3 is 0 Å². The zero-order valence-electron chi connectivity index (χ0n) is 8.54. The van der Waals surface area contributed by atoms with E-state index in [2.05, 4.69) is 6.58 Å². The van der Waals surface area contributed by atoms with E-state index in [-0.39, 0.29) is 11.6 Å². The summed E-state index contributed by atoms with van der Waals surface area (Å²) in [6.07, 6.45) is 6.82. The van der Waals surface area contributed by atoms with E-state index < -0.39 is 5.41 Å². The molecule has 14 heavy (non-hydrogen) atoms. The molecule has 0 heterocycles. The fourth-order valence-electron chi connectivity index (χ4n) is 1.55. The summed E-state index contributed by atoms with van der Waals surface area (Å²) in [6, 6.07) is 0. The molecule has 0 saturated heterocycles. The van der Waals surface area contributed by atoms with Crippen molar-refractivity contribution >= 4 is 11.6 Å². The van der Waals surface area contributed by atoms with Crippen molar-refractivity contribution in [1.82, 2.24) is 0 Å². The molecule has 0 aromatic carbocycles. The van der Waals surface area contributed by atoms with Gasteiger partial charge in [0.1, 0.15) is 5.78 Å². The van der Waals surface area contributed by atoms with Crippen LogP contribution >= 0.6 is 0 Å². The molecule has 0 saturated carbocycles. The van der Waals surface area contributed by atoms with Crippen LogP contribution in [0.3, 0.4) is 0 Å². The smallest absolute Gasteiger partial charge is 0.178 e. The van der Waals surface area contributed by atoms with E-state index in [1.807, 2.05) is 6.92 Å². The second-order valence-electron chi connectivity index (χ2n) is 3.80. The van der Waals surface area contributed by atoms with Gasteiger partial charge in [0, 0.05) is 0 Å². The molecule has 0 radical (unpaired) electrons. The van der Waals surface area contributed by atoms with Gasteiger partial charge in [0.2, 0.25) is 0 Å². The maximum Gasteiger partial charge on any atom is 0.178 e. The normalized spacial score (nSPS) is 18.3. The lowest BCUT2D eigenvalue weighted by Gasteiger charge is -2.25. The standard InChI is InChI=1S/C12H14O2/c1-9(2)8-12(10(3)13)6-4-11(14)5-7-12/h4-7H,1,8H2,2-3H3. The summed E-state index contributed by atoms with van der Waals surface area (Å²) < 4.78 is 0. The Morgan fingerprint density at radius 2 is 1.86 bits per heavy atom. The zero-order valence-corrected chi connectivity index (χ0v) is 8.54. The maximum absolute atomic E-state index is 11.5. The topological polar surface area (TPSA) is 34.1 Å². The molecule has 2 heteroatoms. The van der Waals surface area contributed by atoms with Gasteiger partial charge in [-0.3, -0.25) is 9.59 Å². The molecule has 0 atom stereocenters. The number of hydrogen-bond acceptors (Lipinski definition) is 2. The fraction of sp³-hybridized carbons (Fsp3) is 0.333. The average molecular weight is 190 g/mol. The number of Topliss-reactive ketones (excluding diaryl/α,β-unsaturated/α-hetero) is 1. The predicted octanol–water partition coefficient (Wildman–Crippen LogP) is 2.22. The summed E-state index contributed by atoms with van der Waals surface area (Å²) in [7, 11) is 0. The largest absolute Gasteiger partial charge is 0.299 e. The first kappa shape index (κ1) is 10.6. The number of allylic oxidation sites excluding steroid dienone is 5.